The van der Waals surface area contributed by atoms with Crippen molar-refractivity contribution in [1.82, 2.24) is 9.97 Å². The molecule has 190 valence electrons. The second-order valence-electron chi connectivity index (χ2n) is 10.1. The highest BCUT2D eigenvalue weighted by Crippen LogP contribution is 2.43. The summed E-state index contributed by atoms with van der Waals surface area (Å²) < 4.78 is 6.73. The second-order valence-corrected chi connectivity index (χ2v) is 10.9. The third-order valence-corrected chi connectivity index (χ3v) is 8.75. The lowest BCUT2D eigenvalue weighted by atomic mass is 9.74. The number of hydrogen-bond donors (Lipinski definition) is 2. The van der Waals surface area contributed by atoms with Crippen LogP contribution in [0.4, 0.5) is 5.95 Å². The van der Waals surface area contributed by atoms with Crippen molar-refractivity contribution >= 4 is 29.2 Å². The van der Waals surface area contributed by atoms with Crippen molar-refractivity contribution < 1.29 is 40.9 Å². The Kier molecular flexibility index (Phi) is 8.25. The fourth-order valence-electron chi connectivity index (χ4n) is 6.16. The molecule has 3 saturated heterocycles. The number of carbonyl (C=O) groups excluding carboxylic acids is 2. The third kappa shape index (κ3) is 5.45. The van der Waals surface area contributed by atoms with Crippen LogP contribution in [0.3, 0.4) is 0 Å². The fraction of sp³-hybridized carbons (Fsp3) is 0.600. The Balaban J connectivity index is 0.00000289. The van der Waals surface area contributed by atoms with Crippen molar-refractivity contribution in [2.24, 2.45) is 11.8 Å². The van der Waals surface area contributed by atoms with Crippen LogP contribution in [-0.4, -0.2) is 63.7 Å². The molecule has 0 radical (unpaired) electrons. The predicted molar refractivity (Wildman–Crippen MR) is 128 cm³/mol. The maximum atomic E-state index is 13.6. The minimum absolute atomic E-state index is 0. The average Bonchev–Trinajstić information content (AvgIpc) is 3.40. The zero-order valence-corrected chi connectivity index (χ0v) is 22.2. The van der Waals surface area contributed by atoms with E-state index in [2.05, 4.69) is 15.3 Å². The Hall–Kier alpha value is -1.88. The number of piperidine rings is 3. The molecule has 1 aliphatic carbocycles. The van der Waals surface area contributed by atoms with E-state index < -0.39 is 11.6 Å². The number of aliphatic hydroxyl groups is 1. The van der Waals surface area contributed by atoms with Crippen LogP contribution >= 0.6 is 11.3 Å². The lowest BCUT2D eigenvalue weighted by molar-refractivity contribution is -0.939. The average molecular weight is 566 g/mol. The number of esters is 1. The molecule has 35 heavy (non-hydrogen) atoms. The van der Waals surface area contributed by atoms with Gasteiger partial charge in [-0.15, -0.1) is 0 Å². The van der Waals surface area contributed by atoms with Crippen LogP contribution in [0.2, 0.25) is 0 Å². The van der Waals surface area contributed by atoms with E-state index in [1.807, 2.05) is 16.8 Å². The largest absolute Gasteiger partial charge is 1.00 e. The first-order chi connectivity index (χ1) is 16.5. The summed E-state index contributed by atoms with van der Waals surface area (Å²) >= 11 is 1.49. The van der Waals surface area contributed by atoms with Gasteiger partial charge in [-0.05, 0) is 35.7 Å². The number of ether oxygens (including phenoxy) is 1. The number of nitrogens with one attached hydrogen (secondary N) is 1. The molecule has 1 amide bonds. The lowest BCUT2D eigenvalue weighted by Crippen LogP contribution is -3.00. The number of amides is 1. The molecular formula is C25H33BrN4O4S. The van der Waals surface area contributed by atoms with Gasteiger partial charge in [0.1, 0.15) is 6.54 Å². The van der Waals surface area contributed by atoms with E-state index in [0.717, 1.165) is 58.0 Å². The fourth-order valence-corrected chi connectivity index (χ4v) is 6.87. The van der Waals surface area contributed by atoms with Crippen molar-refractivity contribution in [1.29, 1.82) is 0 Å². The molecule has 8 nitrogen and oxygen atoms in total. The molecule has 4 fully saturated rings. The monoisotopic (exact) mass is 564 g/mol. The van der Waals surface area contributed by atoms with E-state index in [1.54, 1.807) is 18.5 Å². The standard InChI is InChI=1S/C25H32N4O4S.BrH/c30-22(28-24-26-10-4-11-27-24)16-29-12-7-18(8-13-29)21(15-29)33-23(31)25(32,20-9-14-34-17-20)19-5-2-1-3-6-19;/h4,9-11,14,17-19,21,32H,1-3,5-8,12-13,15-16H2;1H/t18?,21?,25-,29?;/m1./s1. The maximum Gasteiger partial charge on any atom is 0.343 e. The number of fused-ring (bicyclic) bond motifs is 3. The Morgan fingerprint density at radius 3 is 2.51 bits per heavy atom. The van der Waals surface area contributed by atoms with E-state index in [9.17, 15) is 14.7 Å². The van der Waals surface area contributed by atoms with Gasteiger partial charge in [-0.25, -0.2) is 14.8 Å². The molecule has 5 heterocycles. The van der Waals surface area contributed by atoms with Crippen molar-refractivity contribution in [3.63, 3.8) is 0 Å². The van der Waals surface area contributed by atoms with Crippen molar-refractivity contribution in [3.05, 3.63) is 40.8 Å². The van der Waals surface area contributed by atoms with Gasteiger partial charge in [-0.3, -0.25) is 10.1 Å². The first kappa shape index (κ1) is 26.2. The SMILES string of the molecule is O=C(C[N+]12CCC(CC1)C(OC(=O)[C@](O)(c1ccsc1)C1CCCCC1)C2)Nc1ncccn1.[Br-]. The number of hydrogen-bond acceptors (Lipinski definition) is 7. The number of quaternary nitrogens is 1. The highest BCUT2D eigenvalue weighted by Gasteiger charge is 2.52. The molecule has 1 saturated carbocycles. The molecule has 6 rings (SSSR count). The Bertz CT molecular complexity index is 994. The number of rotatable bonds is 7. The number of carbonyl (C=O) groups is 2. The number of aromatic nitrogens is 2. The van der Waals surface area contributed by atoms with Gasteiger partial charge in [-0.1, -0.05) is 19.3 Å². The molecule has 3 aliphatic heterocycles. The van der Waals surface area contributed by atoms with E-state index in [1.165, 1.54) is 11.3 Å². The van der Waals surface area contributed by atoms with E-state index in [4.69, 9.17) is 4.74 Å². The molecule has 0 aromatic carbocycles. The van der Waals surface area contributed by atoms with Crippen molar-refractivity contribution in [2.45, 2.75) is 56.7 Å². The van der Waals surface area contributed by atoms with Gasteiger partial charge in [0.15, 0.2) is 18.2 Å². The second kappa shape index (κ2) is 11.0. The highest BCUT2D eigenvalue weighted by molar-refractivity contribution is 7.08. The summed E-state index contributed by atoms with van der Waals surface area (Å²) in [7, 11) is 0. The van der Waals surface area contributed by atoms with Crippen LogP contribution in [0, 0.1) is 11.8 Å². The van der Waals surface area contributed by atoms with Crippen LogP contribution in [0.25, 0.3) is 0 Å². The van der Waals surface area contributed by atoms with Gasteiger partial charge in [0.05, 0.1) is 13.1 Å². The van der Waals surface area contributed by atoms with Crippen LogP contribution < -0.4 is 22.3 Å². The van der Waals surface area contributed by atoms with E-state index in [0.29, 0.717) is 29.1 Å². The molecule has 2 atom stereocenters. The first-order valence-corrected chi connectivity index (χ1v) is 13.3. The molecule has 2 aromatic rings. The smallest absolute Gasteiger partial charge is 0.343 e. The first-order valence-electron chi connectivity index (χ1n) is 12.4. The maximum absolute atomic E-state index is 13.6. The van der Waals surface area contributed by atoms with Crippen molar-refractivity contribution in [2.75, 3.05) is 31.5 Å². The van der Waals surface area contributed by atoms with Gasteiger partial charge in [0.25, 0.3) is 5.91 Å². The Morgan fingerprint density at radius 1 is 1.14 bits per heavy atom. The minimum Gasteiger partial charge on any atom is -1.00 e. The molecule has 1 unspecified atom stereocenters. The summed E-state index contributed by atoms with van der Waals surface area (Å²) in [5, 5.41) is 18.3. The predicted octanol–water partition coefficient (Wildman–Crippen LogP) is 0.101. The van der Waals surface area contributed by atoms with Gasteiger partial charge in [0, 0.05) is 42.6 Å². The minimum atomic E-state index is -1.60. The summed E-state index contributed by atoms with van der Waals surface area (Å²) in [5.41, 5.74) is -0.943. The zero-order chi connectivity index (χ0) is 23.6. The molecule has 2 bridgehead atoms. The Labute approximate surface area is 220 Å². The number of halogens is 1. The lowest BCUT2D eigenvalue weighted by Gasteiger charge is -2.52. The summed E-state index contributed by atoms with van der Waals surface area (Å²) in [4.78, 5) is 34.5. The number of anilines is 1. The topological polar surface area (TPSA) is 101 Å². The molecule has 0 spiro atoms. The van der Waals surface area contributed by atoms with E-state index >= 15 is 0 Å². The third-order valence-electron chi connectivity index (χ3n) is 8.06. The van der Waals surface area contributed by atoms with Crippen LogP contribution in [0.1, 0.15) is 50.5 Å². The Morgan fingerprint density at radius 2 is 1.86 bits per heavy atom. The summed E-state index contributed by atoms with van der Waals surface area (Å²) in [6, 6.07) is 3.55. The summed E-state index contributed by atoms with van der Waals surface area (Å²) in [6.07, 6.45) is 9.58. The number of nitrogens with zero attached hydrogens (tertiary/aromatic N) is 3. The summed E-state index contributed by atoms with van der Waals surface area (Å²) in [5.74, 6) is -0.189. The van der Waals surface area contributed by atoms with Gasteiger partial charge in [-0.2, -0.15) is 11.3 Å². The van der Waals surface area contributed by atoms with E-state index in [-0.39, 0.29) is 40.8 Å². The zero-order valence-electron chi connectivity index (χ0n) is 19.8. The van der Waals surface area contributed by atoms with Gasteiger partial charge < -0.3 is 31.3 Å². The van der Waals surface area contributed by atoms with Gasteiger partial charge in [0.2, 0.25) is 5.95 Å². The molecule has 10 heteroatoms. The van der Waals surface area contributed by atoms with Crippen LogP contribution in [0.5, 0.6) is 0 Å². The van der Waals surface area contributed by atoms with Crippen molar-refractivity contribution in [3.8, 4) is 0 Å². The molecular weight excluding hydrogens is 532 g/mol. The normalized spacial score (nSPS) is 27.9. The van der Waals surface area contributed by atoms with Gasteiger partial charge >= 0.3 is 5.97 Å². The summed E-state index contributed by atoms with van der Waals surface area (Å²) in [6.45, 7) is 2.68. The molecule has 2 aromatic heterocycles. The molecule has 2 N–H and O–H groups in total. The highest BCUT2D eigenvalue weighted by atomic mass is 79.9. The quantitative estimate of drug-likeness (QED) is 0.365. The van der Waals surface area contributed by atoms with Crippen LogP contribution in [0.15, 0.2) is 35.3 Å². The van der Waals surface area contributed by atoms with Crippen LogP contribution in [-0.2, 0) is 19.9 Å². The number of thiophene rings is 1. The molecule has 4 aliphatic rings.